The van der Waals surface area contributed by atoms with Crippen molar-refractivity contribution in [2.45, 2.75) is 0 Å². The van der Waals surface area contributed by atoms with Gasteiger partial charge in [-0.15, -0.1) is 0 Å². The van der Waals surface area contributed by atoms with E-state index in [0.29, 0.717) is 0 Å². The van der Waals surface area contributed by atoms with Gasteiger partial charge in [0.25, 0.3) is 0 Å². The zero-order valence-corrected chi connectivity index (χ0v) is 14.7. The molecule has 0 aliphatic rings. The number of hydrogen-bond donors (Lipinski definition) is 0. The third kappa shape index (κ3) is 4.43. The molecule has 3 aromatic carbocycles. The van der Waals surface area contributed by atoms with Gasteiger partial charge in [-0.3, -0.25) is 0 Å². The van der Waals surface area contributed by atoms with E-state index >= 15 is 0 Å². The molecule has 0 fully saturated rings. The van der Waals surface area contributed by atoms with E-state index in [2.05, 4.69) is 0 Å². The maximum absolute atomic E-state index is 5.97. The summed E-state index contributed by atoms with van der Waals surface area (Å²) in [5.41, 5.74) is 0. The summed E-state index contributed by atoms with van der Waals surface area (Å²) in [5, 5.41) is 0. The molecule has 0 bridgehead atoms. The first kappa shape index (κ1) is 14.8. The van der Waals surface area contributed by atoms with Gasteiger partial charge in [0, 0.05) is 0 Å². The molecular formula is C18H15O3Sn. The molecule has 0 aromatic heterocycles. The van der Waals surface area contributed by atoms with E-state index < -0.39 is 21.0 Å². The van der Waals surface area contributed by atoms with Crippen LogP contribution in [0.3, 0.4) is 0 Å². The number of hydrogen-bond acceptors (Lipinski definition) is 3. The Kier molecular flexibility index (Phi) is 5.21. The fourth-order valence-electron chi connectivity index (χ4n) is 1.82. The molecule has 0 saturated carbocycles. The molecule has 0 heterocycles. The van der Waals surface area contributed by atoms with Crippen LogP contribution in [0.2, 0.25) is 0 Å². The molecule has 109 valence electrons. The summed E-state index contributed by atoms with van der Waals surface area (Å²) < 4.78 is 17.9. The van der Waals surface area contributed by atoms with Crippen LogP contribution < -0.4 is 9.22 Å². The van der Waals surface area contributed by atoms with Crippen LogP contribution in [0.4, 0.5) is 0 Å². The van der Waals surface area contributed by atoms with E-state index in [9.17, 15) is 0 Å². The van der Waals surface area contributed by atoms with Crippen LogP contribution in [0.5, 0.6) is 17.2 Å². The van der Waals surface area contributed by atoms with Crippen LogP contribution in [0.15, 0.2) is 91.0 Å². The Labute approximate surface area is 138 Å². The van der Waals surface area contributed by atoms with Crippen LogP contribution >= 0.6 is 0 Å². The summed E-state index contributed by atoms with van der Waals surface area (Å²) in [6.07, 6.45) is 0. The van der Waals surface area contributed by atoms with Gasteiger partial charge in [-0.25, -0.2) is 0 Å². The third-order valence-electron chi connectivity index (χ3n) is 2.83. The molecule has 1 radical (unpaired) electrons. The van der Waals surface area contributed by atoms with Gasteiger partial charge < -0.3 is 0 Å². The van der Waals surface area contributed by atoms with Gasteiger partial charge >= 0.3 is 138 Å². The molecule has 4 heteroatoms. The van der Waals surface area contributed by atoms with Crippen molar-refractivity contribution in [3.63, 3.8) is 0 Å². The summed E-state index contributed by atoms with van der Waals surface area (Å²) in [7, 11) is 0. The van der Waals surface area contributed by atoms with E-state index in [-0.39, 0.29) is 0 Å². The molecule has 0 amide bonds. The molecule has 0 unspecified atom stereocenters. The average Bonchev–Trinajstić information content (AvgIpc) is 2.57. The second kappa shape index (κ2) is 7.75. The van der Waals surface area contributed by atoms with E-state index in [1.165, 1.54) is 0 Å². The normalized spacial score (nSPS) is 10.2. The van der Waals surface area contributed by atoms with Gasteiger partial charge in [0.15, 0.2) is 0 Å². The second-order valence-corrected chi connectivity index (χ2v) is 7.67. The molecule has 0 aliphatic carbocycles. The van der Waals surface area contributed by atoms with Crippen LogP contribution in [0.25, 0.3) is 0 Å². The molecule has 0 N–H and O–H groups in total. The Morgan fingerprint density at radius 1 is 0.409 bits per heavy atom. The summed E-state index contributed by atoms with van der Waals surface area (Å²) in [6, 6.07) is 28.9. The summed E-state index contributed by atoms with van der Waals surface area (Å²) in [6.45, 7) is 0. The molecule has 0 aliphatic heterocycles. The molecule has 3 nitrogen and oxygen atoms in total. The fourth-order valence-corrected chi connectivity index (χ4v) is 4.99. The van der Waals surface area contributed by atoms with Gasteiger partial charge in [0.05, 0.1) is 0 Å². The van der Waals surface area contributed by atoms with Crippen molar-refractivity contribution in [2.24, 2.45) is 0 Å². The van der Waals surface area contributed by atoms with Gasteiger partial charge in [-0.05, 0) is 0 Å². The predicted molar refractivity (Wildman–Crippen MR) is 87.0 cm³/mol. The van der Waals surface area contributed by atoms with Gasteiger partial charge in [0.2, 0.25) is 0 Å². The van der Waals surface area contributed by atoms with E-state index in [1.54, 1.807) is 0 Å². The Hall–Kier alpha value is -2.14. The molecule has 0 spiro atoms. The van der Waals surface area contributed by atoms with Crippen LogP contribution in [0, 0.1) is 0 Å². The third-order valence-corrected chi connectivity index (χ3v) is 6.28. The van der Waals surface area contributed by atoms with Crippen molar-refractivity contribution in [3.8, 4) is 17.2 Å². The van der Waals surface area contributed by atoms with Crippen molar-refractivity contribution in [2.75, 3.05) is 0 Å². The fraction of sp³-hybridized carbons (Fsp3) is 0. The standard InChI is InChI=1S/3C6H6O.Sn/c3*7-6-4-2-1-3-5-6;/h3*1-5,7H;/q;;;+3/p-3. The maximum atomic E-state index is 5.97. The molecule has 3 aromatic rings. The predicted octanol–water partition coefficient (Wildman–Crippen LogP) is 4.21. The van der Waals surface area contributed by atoms with Gasteiger partial charge in [-0.1, -0.05) is 0 Å². The van der Waals surface area contributed by atoms with E-state index in [0.717, 1.165) is 17.2 Å². The van der Waals surface area contributed by atoms with Crippen molar-refractivity contribution < 1.29 is 9.22 Å². The Bertz CT molecular complexity index is 576. The summed E-state index contributed by atoms with van der Waals surface area (Å²) in [5.74, 6) is 2.30. The van der Waals surface area contributed by atoms with Gasteiger partial charge in [0.1, 0.15) is 0 Å². The summed E-state index contributed by atoms with van der Waals surface area (Å²) in [4.78, 5) is 0. The Balaban J connectivity index is 1.75. The van der Waals surface area contributed by atoms with Crippen LogP contribution in [-0.2, 0) is 0 Å². The van der Waals surface area contributed by atoms with Crippen molar-refractivity contribution in [1.29, 1.82) is 0 Å². The quantitative estimate of drug-likeness (QED) is 0.583. The molecule has 0 atom stereocenters. The monoisotopic (exact) mass is 399 g/mol. The zero-order chi connectivity index (χ0) is 15.0. The number of benzene rings is 3. The Morgan fingerprint density at radius 3 is 0.955 bits per heavy atom. The average molecular weight is 398 g/mol. The number of para-hydroxylation sites is 3. The van der Waals surface area contributed by atoms with Gasteiger partial charge in [-0.2, -0.15) is 0 Å². The van der Waals surface area contributed by atoms with Crippen molar-refractivity contribution >= 4 is 21.0 Å². The topological polar surface area (TPSA) is 27.7 Å². The SMILES string of the molecule is c1ccc([O][Sn]([O]c2ccccc2)[O]c2ccccc2)cc1. The first-order valence-electron chi connectivity index (χ1n) is 6.96. The zero-order valence-electron chi connectivity index (χ0n) is 11.9. The summed E-state index contributed by atoms with van der Waals surface area (Å²) >= 11 is -3.06. The first-order valence-corrected chi connectivity index (χ1v) is 10.5. The minimum atomic E-state index is -3.06. The molecule has 0 saturated heterocycles. The van der Waals surface area contributed by atoms with Crippen molar-refractivity contribution in [3.05, 3.63) is 91.0 Å². The van der Waals surface area contributed by atoms with Crippen molar-refractivity contribution in [1.82, 2.24) is 0 Å². The molecular weight excluding hydrogens is 383 g/mol. The molecule has 3 rings (SSSR count). The first-order chi connectivity index (χ1) is 10.9. The molecule has 22 heavy (non-hydrogen) atoms. The Morgan fingerprint density at radius 2 is 0.682 bits per heavy atom. The van der Waals surface area contributed by atoms with E-state index in [4.69, 9.17) is 9.22 Å². The van der Waals surface area contributed by atoms with Crippen LogP contribution in [0.1, 0.15) is 0 Å². The second-order valence-electron chi connectivity index (χ2n) is 4.50. The van der Waals surface area contributed by atoms with E-state index in [1.807, 2.05) is 91.0 Å². The van der Waals surface area contributed by atoms with Crippen LogP contribution in [-0.4, -0.2) is 21.0 Å². The number of rotatable bonds is 6. The minimum absolute atomic E-state index is 0.767.